The normalized spacial score (nSPS) is 10.8. The van der Waals surface area contributed by atoms with E-state index in [1.807, 2.05) is 24.7 Å². The first-order valence-corrected chi connectivity index (χ1v) is 8.79. The highest BCUT2D eigenvalue weighted by Gasteiger charge is 2.15. The van der Waals surface area contributed by atoms with E-state index < -0.39 is 0 Å². The maximum Gasteiger partial charge on any atom is 0.263 e. The number of aromatic nitrogens is 3. The van der Waals surface area contributed by atoms with E-state index in [0.29, 0.717) is 24.3 Å². The van der Waals surface area contributed by atoms with Gasteiger partial charge in [0.15, 0.2) is 0 Å². The van der Waals surface area contributed by atoms with Crippen molar-refractivity contribution in [3.05, 3.63) is 69.4 Å². The first kappa shape index (κ1) is 17.3. The van der Waals surface area contributed by atoms with Gasteiger partial charge in [-0.3, -0.25) is 4.79 Å². The first-order chi connectivity index (χ1) is 12.0. The second-order valence-electron chi connectivity index (χ2n) is 5.79. The minimum atomic E-state index is -0.258. The highest BCUT2D eigenvalue weighted by molar-refractivity contribution is 7.13. The minimum absolute atomic E-state index is 0.116. The number of imidazole rings is 1. The largest absolute Gasteiger partial charge is 0.351 e. The van der Waals surface area contributed by atoms with Crippen molar-refractivity contribution in [3.63, 3.8) is 0 Å². The van der Waals surface area contributed by atoms with Crippen LogP contribution in [0.15, 0.2) is 36.7 Å². The number of benzene rings is 1. The Morgan fingerprint density at radius 3 is 2.76 bits per heavy atom. The number of aryl methyl sites for hydroxylation is 2. The van der Waals surface area contributed by atoms with E-state index in [2.05, 4.69) is 15.3 Å². The van der Waals surface area contributed by atoms with Crippen LogP contribution in [0.1, 0.15) is 31.8 Å². The number of carbonyl (C=O) groups excluding carboxylic acids is 1. The molecule has 3 rings (SSSR count). The Balaban J connectivity index is 1.60. The summed E-state index contributed by atoms with van der Waals surface area (Å²) in [5, 5.41) is 3.76. The van der Waals surface area contributed by atoms with E-state index in [1.54, 1.807) is 18.3 Å². The third-order valence-corrected chi connectivity index (χ3v) is 5.03. The second kappa shape index (κ2) is 7.57. The molecular weight excluding hydrogens is 339 g/mol. The lowest BCUT2D eigenvalue weighted by atomic mass is 10.1. The van der Waals surface area contributed by atoms with Gasteiger partial charge in [0, 0.05) is 38.8 Å². The fourth-order valence-electron chi connectivity index (χ4n) is 2.52. The van der Waals surface area contributed by atoms with Crippen molar-refractivity contribution in [1.29, 1.82) is 0 Å². The summed E-state index contributed by atoms with van der Waals surface area (Å²) in [6.45, 7) is 2.35. The number of nitrogens with one attached hydrogen (secondary N) is 1. The Kier molecular flexibility index (Phi) is 5.23. The lowest BCUT2D eigenvalue weighted by Crippen LogP contribution is -2.26. The van der Waals surface area contributed by atoms with Gasteiger partial charge in [0.05, 0.1) is 10.7 Å². The Labute approximate surface area is 149 Å². The molecule has 0 radical (unpaired) electrons. The summed E-state index contributed by atoms with van der Waals surface area (Å²) < 4.78 is 14.9. The van der Waals surface area contributed by atoms with Crippen molar-refractivity contribution >= 4 is 17.2 Å². The topological polar surface area (TPSA) is 59.8 Å². The molecule has 25 heavy (non-hydrogen) atoms. The molecule has 0 saturated heterocycles. The van der Waals surface area contributed by atoms with E-state index in [1.165, 1.54) is 23.5 Å². The summed E-state index contributed by atoms with van der Waals surface area (Å²) in [6.07, 6.45) is 4.89. The molecule has 0 aliphatic heterocycles. The third-order valence-electron chi connectivity index (χ3n) is 3.87. The van der Waals surface area contributed by atoms with Gasteiger partial charge in [-0.1, -0.05) is 12.1 Å². The molecule has 0 atom stereocenters. The second-order valence-corrected chi connectivity index (χ2v) is 6.87. The lowest BCUT2D eigenvalue weighted by molar-refractivity contribution is 0.0957. The predicted molar refractivity (Wildman–Crippen MR) is 95.3 cm³/mol. The number of halogens is 1. The molecule has 0 unspecified atom stereocenters. The zero-order valence-electron chi connectivity index (χ0n) is 14.1. The van der Waals surface area contributed by atoms with Crippen LogP contribution >= 0.6 is 11.3 Å². The van der Waals surface area contributed by atoms with Crippen LogP contribution in [0.5, 0.6) is 0 Å². The average Bonchev–Trinajstić information content (AvgIpc) is 3.15. The molecule has 7 heteroatoms. The van der Waals surface area contributed by atoms with E-state index in [9.17, 15) is 9.18 Å². The van der Waals surface area contributed by atoms with Crippen LogP contribution in [0.4, 0.5) is 4.39 Å². The van der Waals surface area contributed by atoms with Crippen LogP contribution in [-0.4, -0.2) is 27.0 Å². The minimum Gasteiger partial charge on any atom is -0.351 e. The van der Waals surface area contributed by atoms with E-state index in [0.717, 1.165) is 22.1 Å². The number of carbonyl (C=O) groups is 1. The zero-order chi connectivity index (χ0) is 17.8. The van der Waals surface area contributed by atoms with Crippen LogP contribution < -0.4 is 5.32 Å². The quantitative estimate of drug-likeness (QED) is 0.737. The molecule has 5 nitrogen and oxygen atoms in total. The number of hydrogen-bond donors (Lipinski definition) is 1. The fraction of sp³-hybridized carbons (Fsp3) is 0.278. The summed E-state index contributed by atoms with van der Waals surface area (Å²) in [7, 11) is 1.93. The molecule has 1 aromatic carbocycles. The molecular formula is C18H19FN4OS. The maximum absolute atomic E-state index is 13.0. The Morgan fingerprint density at radius 1 is 1.32 bits per heavy atom. The van der Waals surface area contributed by atoms with Crippen LogP contribution in [0, 0.1) is 12.7 Å². The van der Waals surface area contributed by atoms with Gasteiger partial charge in [-0.2, -0.15) is 0 Å². The number of hydrogen-bond acceptors (Lipinski definition) is 4. The first-order valence-electron chi connectivity index (χ1n) is 7.98. The molecule has 0 fully saturated rings. The molecule has 2 heterocycles. The van der Waals surface area contributed by atoms with Gasteiger partial charge in [-0.05, 0) is 24.6 Å². The van der Waals surface area contributed by atoms with Gasteiger partial charge in [0.1, 0.15) is 16.5 Å². The highest BCUT2D eigenvalue weighted by atomic mass is 32.1. The fourth-order valence-corrected chi connectivity index (χ4v) is 3.54. The summed E-state index contributed by atoms with van der Waals surface area (Å²) in [5.74, 6) is 0.555. The zero-order valence-corrected chi connectivity index (χ0v) is 14.9. The molecule has 0 spiro atoms. The van der Waals surface area contributed by atoms with E-state index >= 15 is 0 Å². The molecule has 0 bridgehead atoms. The Hall–Kier alpha value is -2.54. The van der Waals surface area contributed by atoms with Gasteiger partial charge in [-0.25, -0.2) is 14.4 Å². The van der Waals surface area contributed by atoms with Gasteiger partial charge in [0.2, 0.25) is 0 Å². The number of thiazole rings is 1. The summed E-state index contributed by atoms with van der Waals surface area (Å²) in [6, 6.07) is 6.33. The monoisotopic (exact) mass is 358 g/mol. The highest BCUT2D eigenvalue weighted by Crippen LogP contribution is 2.21. The molecule has 1 amide bonds. The summed E-state index contributed by atoms with van der Waals surface area (Å²) in [5.41, 5.74) is 1.69. The van der Waals surface area contributed by atoms with Crippen LogP contribution in [-0.2, 0) is 19.9 Å². The maximum atomic E-state index is 13.0. The van der Waals surface area contributed by atoms with Gasteiger partial charge in [0.25, 0.3) is 5.91 Å². The van der Waals surface area contributed by atoms with Gasteiger partial charge >= 0.3 is 0 Å². The van der Waals surface area contributed by atoms with Crippen molar-refractivity contribution in [2.45, 2.75) is 19.8 Å². The van der Waals surface area contributed by atoms with Gasteiger partial charge in [-0.15, -0.1) is 11.3 Å². The molecule has 3 aromatic rings. The number of amides is 1. The lowest BCUT2D eigenvalue weighted by Gasteiger charge is -2.04. The SMILES string of the molecule is Cc1nc(Cc2ccc(F)cc2)sc1C(=O)NCCc1nccn1C. The summed E-state index contributed by atoms with van der Waals surface area (Å²) in [4.78, 5) is 21.7. The molecule has 0 saturated carbocycles. The summed E-state index contributed by atoms with van der Waals surface area (Å²) >= 11 is 1.38. The van der Waals surface area contributed by atoms with Crippen molar-refractivity contribution in [2.75, 3.05) is 6.54 Å². The van der Waals surface area contributed by atoms with Crippen molar-refractivity contribution in [1.82, 2.24) is 19.9 Å². The third kappa shape index (κ3) is 4.30. The van der Waals surface area contributed by atoms with Crippen molar-refractivity contribution in [3.8, 4) is 0 Å². The smallest absolute Gasteiger partial charge is 0.263 e. The average molecular weight is 358 g/mol. The van der Waals surface area contributed by atoms with Crippen LogP contribution in [0.25, 0.3) is 0 Å². The molecule has 0 aliphatic carbocycles. The molecule has 0 aliphatic rings. The number of rotatable bonds is 6. The van der Waals surface area contributed by atoms with Crippen LogP contribution in [0.2, 0.25) is 0 Å². The van der Waals surface area contributed by atoms with Crippen LogP contribution in [0.3, 0.4) is 0 Å². The molecule has 130 valence electrons. The number of nitrogens with zero attached hydrogens (tertiary/aromatic N) is 3. The molecule has 1 N–H and O–H groups in total. The Morgan fingerprint density at radius 2 is 2.08 bits per heavy atom. The van der Waals surface area contributed by atoms with Crippen molar-refractivity contribution < 1.29 is 9.18 Å². The van der Waals surface area contributed by atoms with E-state index in [-0.39, 0.29) is 11.7 Å². The van der Waals surface area contributed by atoms with Gasteiger partial charge < -0.3 is 9.88 Å². The van der Waals surface area contributed by atoms with E-state index in [4.69, 9.17) is 0 Å². The molecule has 2 aromatic heterocycles. The van der Waals surface area contributed by atoms with Crippen molar-refractivity contribution in [2.24, 2.45) is 7.05 Å². The Bertz CT molecular complexity index is 870. The standard InChI is InChI=1S/C18H19FN4OS/c1-12-17(18(24)21-8-7-15-20-9-10-23(15)2)25-16(22-12)11-13-3-5-14(19)6-4-13/h3-6,9-10H,7-8,11H2,1-2H3,(H,21,24). The predicted octanol–water partition coefficient (Wildman–Crippen LogP) is 2.89.